The van der Waals surface area contributed by atoms with Crippen molar-refractivity contribution in [1.82, 2.24) is 0 Å². The summed E-state index contributed by atoms with van der Waals surface area (Å²) in [7, 11) is 0. The van der Waals surface area contributed by atoms with Crippen LogP contribution in [0, 0.1) is 11.8 Å². The third kappa shape index (κ3) is 7.46. The highest BCUT2D eigenvalue weighted by Gasteiger charge is 2.39. The van der Waals surface area contributed by atoms with Crippen molar-refractivity contribution in [1.29, 1.82) is 0 Å². The maximum absolute atomic E-state index is 10.5. The van der Waals surface area contributed by atoms with Crippen LogP contribution in [0.5, 0.6) is 0 Å². The number of aliphatic carboxylic acids is 1. The first-order chi connectivity index (χ1) is 11.0. The lowest BCUT2D eigenvalue weighted by Crippen LogP contribution is -2.21. The first-order valence-corrected chi connectivity index (χ1v) is 8.90. The summed E-state index contributed by atoms with van der Waals surface area (Å²) in [6.45, 7) is 2.12. The van der Waals surface area contributed by atoms with Gasteiger partial charge < -0.3 is 20.4 Å². The molecule has 0 amide bonds. The van der Waals surface area contributed by atoms with Crippen LogP contribution in [0.15, 0.2) is 12.2 Å². The predicted octanol–water partition coefficient (Wildman–Crippen LogP) is 2.49. The van der Waals surface area contributed by atoms with Gasteiger partial charge in [0.15, 0.2) is 0 Å². The monoisotopic (exact) mass is 328 g/mol. The smallest absolute Gasteiger partial charge is 0.303 e. The lowest BCUT2D eigenvalue weighted by Gasteiger charge is -2.21. The molecule has 5 atom stereocenters. The van der Waals surface area contributed by atoms with E-state index in [4.69, 9.17) is 5.11 Å². The van der Waals surface area contributed by atoms with E-state index in [9.17, 15) is 20.1 Å². The summed E-state index contributed by atoms with van der Waals surface area (Å²) in [5.74, 6) is -1.02. The van der Waals surface area contributed by atoms with Crippen molar-refractivity contribution in [2.24, 2.45) is 11.8 Å². The molecule has 1 aliphatic carbocycles. The molecule has 5 heteroatoms. The van der Waals surface area contributed by atoms with E-state index in [1.807, 2.05) is 6.08 Å². The zero-order valence-electron chi connectivity index (χ0n) is 14.1. The zero-order valence-corrected chi connectivity index (χ0v) is 14.1. The fourth-order valence-corrected chi connectivity index (χ4v) is 3.39. The standard InChI is InChI=1S/C18H32O5/c1-2-3-4-7-13(19)10-11-15-14(16(20)12-17(15)21)8-5-6-9-18(22)23/h10-11,13-17,19-21H,2-9,12H2,1H3,(H,22,23)/b11-10+/t13-,14-,15+,16+,17-/m0/s1. The molecule has 0 aliphatic heterocycles. The molecule has 0 spiro atoms. The summed E-state index contributed by atoms with van der Waals surface area (Å²) in [5, 5.41) is 38.8. The van der Waals surface area contributed by atoms with E-state index in [0.29, 0.717) is 19.3 Å². The Hall–Kier alpha value is -0.910. The van der Waals surface area contributed by atoms with E-state index in [1.165, 1.54) is 0 Å². The molecular formula is C18H32O5. The molecule has 1 rings (SSSR count). The van der Waals surface area contributed by atoms with Crippen LogP contribution >= 0.6 is 0 Å². The van der Waals surface area contributed by atoms with E-state index in [-0.39, 0.29) is 18.3 Å². The third-order valence-electron chi connectivity index (χ3n) is 4.75. The minimum Gasteiger partial charge on any atom is -0.481 e. The van der Waals surface area contributed by atoms with Crippen molar-refractivity contribution in [3.8, 4) is 0 Å². The van der Waals surface area contributed by atoms with Gasteiger partial charge in [0.2, 0.25) is 0 Å². The average molecular weight is 328 g/mol. The Bertz CT molecular complexity index is 368. The Morgan fingerprint density at radius 1 is 1.17 bits per heavy atom. The highest BCUT2D eigenvalue weighted by Crippen LogP contribution is 2.37. The van der Waals surface area contributed by atoms with Crippen LogP contribution in [0.3, 0.4) is 0 Å². The molecule has 0 aromatic heterocycles. The fraction of sp³-hybridized carbons (Fsp3) is 0.833. The van der Waals surface area contributed by atoms with Gasteiger partial charge in [0, 0.05) is 18.8 Å². The SMILES string of the molecule is CCCCC[C@H](O)/C=C/[C@@H]1[C@H](CCCCC(=O)O)[C@H](O)C[C@@H]1O. The number of hydrogen-bond donors (Lipinski definition) is 4. The number of carbonyl (C=O) groups is 1. The molecule has 0 aromatic carbocycles. The van der Waals surface area contributed by atoms with E-state index in [0.717, 1.165) is 32.1 Å². The van der Waals surface area contributed by atoms with Crippen LogP contribution in [0.4, 0.5) is 0 Å². The number of hydrogen-bond acceptors (Lipinski definition) is 4. The second-order valence-corrected chi connectivity index (χ2v) is 6.70. The van der Waals surface area contributed by atoms with Crippen molar-refractivity contribution in [3.05, 3.63) is 12.2 Å². The van der Waals surface area contributed by atoms with Crippen LogP contribution in [0.1, 0.15) is 64.7 Å². The first kappa shape index (κ1) is 20.1. The second kappa shape index (κ2) is 10.8. The van der Waals surface area contributed by atoms with E-state index < -0.39 is 24.3 Å². The highest BCUT2D eigenvalue weighted by molar-refractivity contribution is 5.66. The van der Waals surface area contributed by atoms with Gasteiger partial charge in [-0.1, -0.05) is 44.8 Å². The Morgan fingerprint density at radius 2 is 1.91 bits per heavy atom. The summed E-state index contributed by atoms with van der Waals surface area (Å²) in [6.07, 6.45) is 8.37. The number of carboxylic acids is 1. The molecule has 0 unspecified atom stereocenters. The topological polar surface area (TPSA) is 98.0 Å². The Kier molecular flexibility index (Phi) is 9.44. The van der Waals surface area contributed by atoms with Crippen molar-refractivity contribution >= 4 is 5.97 Å². The van der Waals surface area contributed by atoms with Gasteiger partial charge in [-0.05, 0) is 25.2 Å². The number of carboxylic acid groups (broad SMARTS) is 1. The summed E-state index contributed by atoms with van der Waals surface area (Å²) < 4.78 is 0. The van der Waals surface area contributed by atoms with Gasteiger partial charge in [0.05, 0.1) is 18.3 Å². The summed E-state index contributed by atoms with van der Waals surface area (Å²) >= 11 is 0. The Labute approximate surface area is 139 Å². The van der Waals surface area contributed by atoms with Crippen LogP contribution in [-0.2, 0) is 4.79 Å². The minimum atomic E-state index is -0.802. The number of unbranched alkanes of at least 4 members (excludes halogenated alkanes) is 3. The van der Waals surface area contributed by atoms with Crippen molar-refractivity contribution in [3.63, 3.8) is 0 Å². The predicted molar refractivity (Wildman–Crippen MR) is 89.0 cm³/mol. The minimum absolute atomic E-state index is 0.0575. The molecule has 134 valence electrons. The molecule has 0 radical (unpaired) electrons. The molecule has 0 saturated heterocycles. The maximum Gasteiger partial charge on any atom is 0.303 e. The Balaban J connectivity index is 2.46. The van der Waals surface area contributed by atoms with E-state index in [2.05, 4.69) is 6.92 Å². The Morgan fingerprint density at radius 3 is 2.57 bits per heavy atom. The normalized spacial score (nSPS) is 29.2. The molecule has 4 N–H and O–H groups in total. The van der Waals surface area contributed by atoms with Gasteiger partial charge in [-0.25, -0.2) is 0 Å². The van der Waals surface area contributed by atoms with Crippen molar-refractivity contribution in [2.75, 3.05) is 0 Å². The molecular weight excluding hydrogens is 296 g/mol. The lowest BCUT2D eigenvalue weighted by molar-refractivity contribution is -0.137. The third-order valence-corrected chi connectivity index (χ3v) is 4.75. The van der Waals surface area contributed by atoms with Gasteiger partial charge in [-0.2, -0.15) is 0 Å². The summed E-state index contributed by atoms with van der Waals surface area (Å²) in [6, 6.07) is 0. The summed E-state index contributed by atoms with van der Waals surface area (Å²) in [4.78, 5) is 10.5. The molecule has 0 bridgehead atoms. The van der Waals surface area contributed by atoms with Crippen LogP contribution in [0.25, 0.3) is 0 Å². The molecule has 23 heavy (non-hydrogen) atoms. The number of rotatable bonds is 11. The largest absolute Gasteiger partial charge is 0.481 e. The van der Waals surface area contributed by atoms with Gasteiger partial charge in [-0.3, -0.25) is 4.79 Å². The highest BCUT2D eigenvalue weighted by atomic mass is 16.4. The summed E-state index contributed by atoms with van der Waals surface area (Å²) in [5.41, 5.74) is 0. The average Bonchev–Trinajstić information content (AvgIpc) is 2.75. The first-order valence-electron chi connectivity index (χ1n) is 8.90. The van der Waals surface area contributed by atoms with Gasteiger partial charge in [0.1, 0.15) is 0 Å². The molecule has 0 heterocycles. The van der Waals surface area contributed by atoms with Crippen LogP contribution < -0.4 is 0 Å². The zero-order chi connectivity index (χ0) is 17.2. The molecule has 5 nitrogen and oxygen atoms in total. The van der Waals surface area contributed by atoms with Crippen LogP contribution in [-0.4, -0.2) is 44.7 Å². The quantitative estimate of drug-likeness (QED) is 0.345. The van der Waals surface area contributed by atoms with E-state index >= 15 is 0 Å². The lowest BCUT2D eigenvalue weighted by atomic mass is 9.88. The second-order valence-electron chi connectivity index (χ2n) is 6.70. The molecule has 1 aliphatic rings. The number of aliphatic hydroxyl groups is 3. The number of aliphatic hydroxyl groups excluding tert-OH is 3. The van der Waals surface area contributed by atoms with Gasteiger partial charge in [-0.15, -0.1) is 0 Å². The fourth-order valence-electron chi connectivity index (χ4n) is 3.39. The van der Waals surface area contributed by atoms with Crippen LogP contribution in [0.2, 0.25) is 0 Å². The van der Waals surface area contributed by atoms with Gasteiger partial charge in [0.25, 0.3) is 0 Å². The molecule has 1 fully saturated rings. The van der Waals surface area contributed by atoms with Crippen molar-refractivity contribution in [2.45, 2.75) is 83.0 Å². The van der Waals surface area contributed by atoms with Gasteiger partial charge >= 0.3 is 5.97 Å². The van der Waals surface area contributed by atoms with Crippen molar-refractivity contribution < 1.29 is 25.2 Å². The van der Waals surface area contributed by atoms with E-state index in [1.54, 1.807) is 6.08 Å². The molecule has 0 aromatic rings. The molecule has 1 saturated carbocycles. The maximum atomic E-state index is 10.5.